The van der Waals surface area contributed by atoms with Crippen LogP contribution in [0, 0.1) is 5.92 Å². The maximum Gasteiger partial charge on any atom is 0.346 e. The summed E-state index contributed by atoms with van der Waals surface area (Å²) in [5, 5.41) is 8.73. The zero-order valence-corrected chi connectivity index (χ0v) is 19.6. The Kier molecular flexibility index (Phi) is 10.2. The smallest absolute Gasteiger partial charge is 0.346 e. The lowest BCUT2D eigenvalue weighted by Gasteiger charge is -2.33. The molecule has 5 unspecified atom stereocenters. The molecule has 3 fully saturated rings. The van der Waals surface area contributed by atoms with Crippen LogP contribution in [0.1, 0.15) is 57.8 Å². The van der Waals surface area contributed by atoms with Crippen LogP contribution in [0.4, 0.5) is 8.78 Å². The van der Waals surface area contributed by atoms with E-state index in [1.807, 2.05) is 0 Å². The van der Waals surface area contributed by atoms with Gasteiger partial charge in [-0.05, 0) is 57.8 Å². The fourth-order valence-corrected chi connectivity index (χ4v) is 5.22. The van der Waals surface area contributed by atoms with Crippen LogP contribution in [-0.4, -0.2) is 66.7 Å². The van der Waals surface area contributed by atoms with Gasteiger partial charge in [-0.3, -0.25) is 14.9 Å². The molecule has 2 amide bonds. The van der Waals surface area contributed by atoms with Crippen LogP contribution in [0.25, 0.3) is 0 Å². The van der Waals surface area contributed by atoms with Gasteiger partial charge in [0.1, 0.15) is 12.8 Å². The molecule has 0 aromatic carbocycles. The van der Waals surface area contributed by atoms with Gasteiger partial charge < -0.3 is 20.1 Å². The Labute approximate surface area is 197 Å². The van der Waals surface area contributed by atoms with Gasteiger partial charge in [-0.15, -0.1) is 23.2 Å². The average Bonchev–Trinajstić information content (AvgIpc) is 2.76. The molecule has 0 spiro atoms. The second-order valence-electron chi connectivity index (χ2n) is 8.97. The first-order valence-electron chi connectivity index (χ1n) is 11.5. The summed E-state index contributed by atoms with van der Waals surface area (Å²) in [7, 11) is 0. The van der Waals surface area contributed by atoms with Gasteiger partial charge in [0, 0.05) is 24.5 Å². The van der Waals surface area contributed by atoms with Crippen LogP contribution in [0.5, 0.6) is 0 Å². The number of hydrogen-bond acceptors (Lipinski definition) is 5. The van der Waals surface area contributed by atoms with Crippen LogP contribution in [-0.2, 0) is 19.1 Å². The number of rotatable bonds is 8. The molecule has 1 saturated heterocycles. The number of nitrogens with one attached hydrogen (secondary N) is 3. The molecule has 0 bridgehead atoms. The second kappa shape index (κ2) is 12.6. The third-order valence-corrected chi connectivity index (χ3v) is 7.67. The minimum atomic E-state index is -2.80. The van der Waals surface area contributed by atoms with E-state index in [1.54, 1.807) is 0 Å². The number of alkyl halides is 4. The van der Waals surface area contributed by atoms with Gasteiger partial charge >= 0.3 is 6.61 Å². The van der Waals surface area contributed by atoms with Crippen molar-refractivity contribution in [3.63, 3.8) is 0 Å². The molecule has 3 N–H and O–H groups in total. The van der Waals surface area contributed by atoms with Crippen LogP contribution in [0.3, 0.4) is 0 Å². The van der Waals surface area contributed by atoms with Gasteiger partial charge in [-0.25, -0.2) is 0 Å². The quantitative estimate of drug-likeness (QED) is 0.447. The molecule has 0 aromatic rings. The molecule has 0 radical (unpaired) electrons. The summed E-state index contributed by atoms with van der Waals surface area (Å²) in [6.07, 6.45) is 5.42. The Morgan fingerprint density at radius 2 is 1.66 bits per heavy atom. The standard InChI is InChI=1S/C21H33Cl2F2N3O4/c22-16-7-6-15(9-17(16)23)31-11-18(29)27-13-3-1-12(2-4-13)20(30)28-14-5-8-19(26-10-14)32-21(24)25/h12-17,19,21,26H,1-11H2,(H,27,29)(H,28,30). The maximum atomic E-state index is 12.6. The highest BCUT2D eigenvalue weighted by Crippen LogP contribution is 2.29. The van der Waals surface area contributed by atoms with E-state index < -0.39 is 12.8 Å². The fraction of sp³-hybridized carbons (Fsp3) is 0.905. The van der Waals surface area contributed by atoms with Crippen molar-refractivity contribution in [3.8, 4) is 0 Å². The molecule has 3 aliphatic rings. The molecule has 1 heterocycles. The lowest BCUT2D eigenvalue weighted by molar-refractivity contribution is -0.177. The van der Waals surface area contributed by atoms with Crippen LogP contribution in [0.15, 0.2) is 0 Å². The summed E-state index contributed by atoms with van der Waals surface area (Å²) in [5.74, 6) is -0.254. The van der Waals surface area contributed by atoms with E-state index in [9.17, 15) is 18.4 Å². The van der Waals surface area contributed by atoms with E-state index in [-0.39, 0.29) is 53.3 Å². The zero-order chi connectivity index (χ0) is 23.1. The monoisotopic (exact) mass is 499 g/mol. The lowest BCUT2D eigenvalue weighted by Crippen LogP contribution is -2.52. The summed E-state index contributed by atoms with van der Waals surface area (Å²) in [6.45, 7) is -2.39. The van der Waals surface area contributed by atoms with Crippen molar-refractivity contribution in [2.45, 2.75) is 99.6 Å². The van der Waals surface area contributed by atoms with Crippen molar-refractivity contribution < 1.29 is 27.8 Å². The molecule has 32 heavy (non-hydrogen) atoms. The number of amides is 2. The van der Waals surface area contributed by atoms with E-state index in [1.165, 1.54) is 0 Å². The normalized spacial score (nSPS) is 36.0. The van der Waals surface area contributed by atoms with Gasteiger partial charge in [0.25, 0.3) is 0 Å². The van der Waals surface area contributed by atoms with E-state index in [0.29, 0.717) is 38.6 Å². The number of piperidine rings is 1. The van der Waals surface area contributed by atoms with Crippen LogP contribution < -0.4 is 16.0 Å². The van der Waals surface area contributed by atoms with Crippen molar-refractivity contribution in [1.29, 1.82) is 0 Å². The van der Waals surface area contributed by atoms with Crippen molar-refractivity contribution in [1.82, 2.24) is 16.0 Å². The highest BCUT2D eigenvalue weighted by Gasteiger charge is 2.31. The molecular formula is C21H33Cl2F2N3O4. The highest BCUT2D eigenvalue weighted by atomic mass is 35.5. The van der Waals surface area contributed by atoms with E-state index in [4.69, 9.17) is 27.9 Å². The van der Waals surface area contributed by atoms with Crippen molar-refractivity contribution >= 4 is 35.0 Å². The Morgan fingerprint density at radius 1 is 0.938 bits per heavy atom. The van der Waals surface area contributed by atoms with Gasteiger partial charge in [-0.1, -0.05) is 0 Å². The molecule has 1 aliphatic heterocycles. The topological polar surface area (TPSA) is 88.7 Å². The molecule has 0 aromatic heterocycles. The molecule has 184 valence electrons. The van der Waals surface area contributed by atoms with E-state index >= 15 is 0 Å². The zero-order valence-electron chi connectivity index (χ0n) is 18.0. The minimum Gasteiger partial charge on any atom is -0.368 e. The Bertz CT molecular complexity index is 618. The summed E-state index contributed by atoms with van der Waals surface area (Å²) in [6, 6.07) is -0.0471. The molecule has 5 atom stereocenters. The van der Waals surface area contributed by atoms with Crippen molar-refractivity contribution in [2.75, 3.05) is 13.2 Å². The third kappa shape index (κ3) is 8.24. The summed E-state index contributed by atoms with van der Waals surface area (Å²) in [5.41, 5.74) is 0. The molecule has 2 saturated carbocycles. The largest absolute Gasteiger partial charge is 0.368 e. The second-order valence-corrected chi connectivity index (χ2v) is 10.1. The van der Waals surface area contributed by atoms with Gasteiger partial charge in [0.15, 0.2) is 0 Å². The molecule has 2 aliphatic carbocycles. The molecular weight excluding hydrogens is 467 g/mol. The van der Waals surface area contributed by atoms with Crippen molar-refractivity contribution in [2.24, 2.45) is 5.92 Å². The Hall–Kier alpha value is -0.740. The molecule has 11 heteroatoms. The third-order valence-electron chi connectivity index (χ3n) is 6.54. The van der Waals surface area contributed by atoms with E-state index in [0.717, 1.165) is 25.7 Å². The molecule has 7 nitrogen and oxygen atoms in total. The highest BCUT2D eigenvalue weighted by molar-refractivity contribution is 6.30. The first kappa shape index (κ1) is 25.9. The fourth-order valence-electron chi connectivity index (χ4n) is 4.67. The van der Waals surface area contributed by atoms with Crippen LogP contribution in [0.2, 0.25) is 0 Å². The number of carbonyl (C=O) groups excluding carboxylic acids is 2. The predicted octanol–water partition coefficient (Wildman–Crippen LogP) is 2.88. The SMILES string of the molecule is O=C(COC1CCC(Cl)C(Cl)C1)NC1CCC(C(=O)NC2CCC(OC(F)F)NC2)CC1. The van der Waals surface area contributed by atoms with Crippen LogP contribution >= 0.6 is 23.2 Å². The predicted molar refractivity (Wildman–Crippen MR) is 117 cm³/mol. The van der Waals surface area contributed by atoms with Gasteiger partial charge in [0.05, 0.1) is 16.9 Å². The van der Waals surface area contributed by atoms with Gasteiger partial charge in [0.2, 0.25) is 11.8 Å². The molecule has 3 rings (SSSR count). The first-order valence-corrected chi connectivity index (χ1v) is 12.3. The summed E-state index contributed by atoms with van der Waals surface area (Å²) >= 11 is 12.3. The number of halogens is 4. The Balaban J connectivity index is 1.28. The maximum absolute atomic E-state index is 12.6. The summed E-state index contributed by atoms with van der Waals surface area (Å²) < 4.78 is 34.7. The van der Waals surface area contributed by atoms with Gasteiger partial charge in [-0.2, -0.15) is 8.78 Å². The number of ether oxygens (including phenoxy) is 2. The Morgan fingerprint density at radius 3 is 2.28 bits per heavy atom. The number of carbonyl (C=O) groups is 2. The number of hydrogen-bond donors (Lipinski definition) is 3. The first-order chi connectivity index (χ1) is 15.3. The van der Waals surface area contributed by atoms with Crippen molar-refractivity contribution in [3.05, 3.63) is 0 Å². The van der Waals surface area contributed by atoms with E-state index in [2.05, 4.69) is 20.7 Å². The lowest BCUT2D eigenvalue weighted by atomic mass is 9.85. The average molecular weight is 500 g/mol. The minimum absolute atomic E-state index is 0.00654. The summed E-state index contributed by atoms with van der Waals surface area (Å²) in [4.78, 5) is 24.8.